The molecule has 0 aliphatic carbocycles. The Balaban J connectivity index is 1.41. The van der Waals surface area contributed by atoms with Crippen LogP contribution in [-0.2, 0) is 19.9 Å². The Morgan fingerprint density at radius 2 is 1.82 bits per heavy atom. The van der Waals surface area contributed by atoms with Gasteiger partial charge in [0.25, 0.3) is 0 Å². The van der Waals surface area contributed by atoms with Gasteiger partial charge in [-0.1, -0.05) is 44.2 Å². The van der Waals surface area contributed by atoms with Crippen molar-refractivity contribution in [1.82, 2.24) is 19.4 Å². The van der Waals surface area contributed by atoms with Gasteiger partial charge >= 0.3 is 0 Å². The van der Waals surface area contributed by atoms with Crippen LogP contribution in [0.1, 0.15) is 31.7 Å². The van der Waals surface area contributed by atoms with Crippen molar-refractivity contribution in [3.05, 3.63) is 54.1 Å². The SMILES string of the molecule is CC(C)CN1CC2CN(CCc3nccn3C)CC2(CCc2ccccc2)C1. The third-order valence-corrected chi connectivity index (χ3v) is 6.85. The normalized spacial score (nSPS) is 25.6. The fourth-order valence-corrected chi connectivity index (χ4v) is 5.52. The molecule has 1 aromatic heterocycles. The lowest BCUT2D eigenvalue weighted by atomic mass is 9.76. The Morgan fingerprint density at radius 3 is 2.54 bits per heavy atom. The maximum atomic E-state index is 4.52. The zero-order chi connectivity index (χ0) is 19.6. The van der Waals surface area contributed by atoms with Gasteiger partial charge in [-0.3, -0.25) is 0 Å². The lowest BCUT2D eigenvalue weighted by Gasteiger charge is -2.30. The van der Waals surface area contributed by atoms with Crippen LogP contribution in [-0.4, -0.2) is 58.6 Å². The average molecular weight is 381 g/mol. The quantitative estimate of drug-likeness (QED) is 0.701. The molecule has 0 spiro atoms. The summed E-state index contributed by atoms with van der Waals surface area (Å²) in [6.07, 6.45) is 7.55. The molecule has 0 amide bonds. The lowest BCUT2D eigenvalue weighted by Crippen LogP contribution is -2.36. The van der Waals surface area contributed by atoms with Crippen LogP contribution in [0.4, 0.5) is 0 Å². The maximum absolute atomic E-state index is 4.52. The smallest absolute Gasteiger partial charge is 0.109 e. The van der Waals surface area contributed by atoms with Gasteiger partial charge in [0, 0.05) is 70.5 Å². The summed E-state index contributed by atoms with van der Waals surface area (Å²) in [5.41, 5.74) is 1.95. The standard InChI is InChI=1S/C24H36N4/c1-20(2)15-28-17-22-16-27(13-10-23-25-12-14-26(23)3)18-24(22,19-28)11-9-21-7-5-4-6-8-21/h4-8,12,14,20,22H,9-11,13,15-19H2,1-3H3. The van der Waals surface area contributed by atoms with Crippen molar-refractivity contribution >= 4 is 0 Å². The molecule has 2 aliphatic rings. The van der Waals surface area contributed by atoms with Crippen molar-refractivity contribution in [2.45, 2.75) is 33.1 Å². The van der Waals surface area contributed by atoms with Crippen molar-refractivity contribution < 1.29 is 0 Å². The van der Waals surface area contributed by atoms with Crippen molar-refractivity contribution in [2.75, 3.05) is 39.3 Å². The van der Waals surface area contributed by atoms with Crippen LogP contribution in [0.5, 0.6) is 0 Å². The molecular formula is C24H36N4. The molecule has 2 unspecified atom stereocenters. The van der Waals surface area contributed by atoms with Crippen LogP contribution in [0.2, 0.25) is 0 Å². The molecule has 2 aromatic rings. The minimum Gasteiger partial charge on any atom is -0.338 e. The van der Waals surface area contributed by atoms with Crippen molar-refractivity contribution in [2.24, 2.45) is 24.3 Å². The largest absolute Gasteiger partial charge is 0.338 e. The number of benzene rings is 1. The molecule has 152 valence electrons. The second-order valence-corrected chi connectivity index (χ2v) is 9.57. The summed E-state index contributed by atoms with van der Waals surface area (Å²) in [7, 11) is 2.10. The Hall–Kier alpha value is -1.65. The van der Waals surface area contributed by atoms with Gasteiger partial charge in [0.15, 0.2) is 0 Å². The molecule has 1 aromatic carbocycles. The predicted octanol–water partition coefficient (Wildman–Crippen LogP) is 3.49. The van der Waals surface area contributed by atoms with Gasteiger partial charge in [-0.05, 0) is 30.2 Å². The first-order valence-corrected chi connectivity index (χ1v) is 11.0. The van der Waals surface area contributed by atoms with Gasteiger partial charge in [0.05, 0.1) is 0 Å². The van der Waals surface area contributed by atoms with Gasteiger partial charge < -0.3 is 14.4 Å². The van der Waals surface area contributed by atoms with Gasteiger partial charge in [0.2, 0.25) is 0 Å². The monoisotopic (exact) mass is 380 g/mol. The topological polar surface area (TPSA) is 24.3 Å². The van der Waals surface area contributed by atoms with Crippen LogP contribution >= 0.6 is 0 Å². The minimum atomic E-state index is 0.465. The minimum absolute atomic E-state index is 0.465. The van der Waals surface area contributed by atoms with Crippen LogP contribution in [0.25, 0.3) is 0 Å². The number of imidazole rings is 1. The van der Waals surface area contributed by atoms with E-state index in [1.54, 1.807) is 0 Å². The third kappa shape index (κ3) is 4.33. The summed E-state index contributed by atoms with van der Waals surface area (Å²) in [5.74, 6) is 2.78. The molecule has 2 fully saturated rings. The number of aryl methyl sites for hydroxylation is 2. The number of fused-ring (bicyclic) bond motifs is 1. The first kappa shape index (κ1) is 19.7. The number of hydrogen-bond donors (Lipinski definition) is 0. The van der Waals surface area contributed by atoms with E-state index in [1.165, 1.54) is 57.0 Å². The molecule has 0 saturated carbocycles. The van der Waals surface area contributed by atoms with Crippen molar-refractivity contribution in [3.8, 4) is 0 Å². The van der Waals surface area contributed by atoms with E-state index in [4.69, 9.17) is 0 Å². The molecule has 0 N–H and O–H groups in total. The van der Waals surface area contributed by atoms with Gasteiger partial charge in [-0.2, -0.15) is 0 Å². The molecule has 4 nitrogen and oxygen atoms in total. The molecule has 0 radical (unpaired) electrons. The number of likely N-dealkylation sites (tertiary alicyclic amines) is 2. The fourth-order valence-electron chi connectivity index (χ4n) is 5.52. The third-order valence-electron chi connectivity index (χ3n) is 6.85. The highest BCUT2D eigenvalue weighted by molar-refractivity contribution is 5.16. The summed E-state index contributed by atoms with van der Waals surface area (Å²) < 4.78 is 2.16. The highest BCUT2D eigenvalue weighted by atomic mass is 15.3. The Bertz CT molecular complexity index is 753. The van der Waals surface area contributed by atoms with E-state index < -0.39 is 0 Å². The molecule has 2 aliphatic heterocycles. The highest BCUT2D eigenvalue weighted by Gasteiger charge is 2.51. The fraction of sp³-hybridized carbons (Fsp3) is 0.625. The summed E-state index contributed by atoms with van der Waals surface area (Å²) in [6, 6.07) is 11.1. The Kier molecular flexibility index (Phi) is 5.88. The van der Waals surface area contributed by atoms with Crippen LogP contribution in [0.15, 0.2) is 42.7 Å². The van der Waals surface area contributed by atoms with E-state index in [0.29, 0.717) is 5.41 Å². The Labute approximate surface area is 170 Å². The van der Waals surface area contributed by atoms with Crippen molar-refractivity contribution in [1.29, 1.82) is 0 Å². The summed E-state index contributed by atoms with van der Waals surface area (Å²) in [4.78, 5) is 9.98. The van der Waals surface area contributed by atoms with E-state index >= 15 is 0 Å². The maximum Gasteiger partial charge on any atom is 0.109 e. The molecule has 4 heteroatoms. The summed E-state index contributed by atoms with van der Waals surface area (Å²) in [5, 5.41) is 0. The van der Waals surface area contributed by atoms with Gasteiger partial charge in [0.1, 0.15) is 5.82 Å². The predicted molar refractivity (Wildman–Crippen MR) is 115 cm³/mol. The van der Waals surface area contributed by atoms with E-state index in [9.17, 15) is 0 Å². The first-order chi connectivity index (χ1) is 13.5. The van der Waals surface area contributed by atoms with Gasteiger partial charge in [-0.15, -0.1) is 0 Å². The first-order valence-electron chi connectivity index (χ1n) is 11.0. The molecule has 2 saturated heterocycles. The highest BCUT2D eigenvalue weighted by Crippen LogP contribution is 2.46. The van der Waals surface area contributed by atoms with Crippen molar-refractivity contribution in [3.63, 3.8) is 0 Å². The van der Waals surface area contributed by atoms with Gasteiger partial charge in [-0.25, -0.2) is 4.98 Å². The van der Waals surface area contributed by atoms with E-state index in [2.05, 4.69) is 76.8 Å². The van der Waals surface area contributed by atoms with Crippen LogP contribution in [0.3, 0.4) is 0 Å². The summed E-state index contributed by atoms with van der Waals surface area (Å²) in [6.45, 7) is 12.2. The molecule has 28 heavy (non-hydrogen) atoms. The number of aromatic nitrogens is 2. The Morgan fingerprint density at radius 1 is 1.07 bits per heavy atom. The van der Waals surface area contributed by atoms with E-state index in [0.717, 1.165) is 24.8 Å². The average Bonchev–Trinajstić information content (AvgIpc) is 3.31. The zero-order valence-electron chi connectivity index (χ0n) is 17.8. The number of nitrogens with zero attached hydrogens (tertiary/aromatic N) is 4. The zero-order valence-corrected chi connectivity index (χ0v) is 17.8. The second kappa shape index (κ2) is 8.38. The van der Waals surface area contributed by atoms with Crippen LogP contribution in [0, 0.1) is 17.3 Å². The van der Waals surface area contributed by atoms with E-state index in [-0.39, 0.29) is 0 Å². The molecule has 3 heterocycles. The second-order valence-electron chi connectivity index (χ2n) is 9.57. The molecule has 2 atom stereocenters. The molecular weight excluding hydrogens is 344 g/mol. The van der Waals surface area contributed by atoms with E-state index in [1.807, 2.05) is 6.20 Å². The molecule has 4 rings (SSSR count). The number of rotatable bonds is 8. The summed E-state index contributed by atoms with van der Waals surface area (Å²) >= 11 is 0. The lowest BCUT2D eigenvalue weighted by molar-refractivity contribution is 0.193. The number of hydrogen-bond acceptors (Lipinski definition) is 3. The van der Waals surface area contributed by atoms with Crippen LogP contribution < -0.4 is 0 Å². The molecule has 0 bridgehead atoms.